The fourth-order valence-corrected chi connectivity index (χ4v) is 12.4. The maximum Gasteiger partial charge on any atom is 0.219 e. The minimum absolute atomic E-state index is 0.0116. The minimum atomic E-state index is -2.69. The Kier molecular flexibility index (Phi) is 46.0. The van der Waals surface area contributed by atoms with Crippen LogP contribution >= 0.6 is 0 Å². The van der Waals surface area contributed by atoms with Crippen LogP contribution in [0.25, 0.3) is 0 Å². The van der Waals surface area contributed by atoms with Crippen LogP contribution in [0.2, 0.25) is 0 Å². The van der Waals surface area contributed by atoms with E-state index in [1.807, 2.05) is 18.7 Å². The van der Waals surface area contributed by atoms with Crippen molar-refractivity contribution in [3.63, 3.8) is 0 Å². The van der Waals surface area contributed by atoms with E-state index in [9.17, 15) is 18.3 Å². The Hall–Kier alpha value is -3.66. The number of sulfone groups is 1. The van der Waals surface area contributed by atoms with Gasteiger partial charge in [0.15, 0.2) is 9.84 Å². The lowest BCUT2D eigenvalue weighted by molar-refractivity contribution is -0.130. The average Bonchev–Trinajstić information content (AvgIpc) is 0.850. The van der Waals surface area contributed by atoms with E-state index in [2.05, 4.69) is 169 Å². The van der Waals surface area contributed by atoms with Gasteiger partial charge >= 0.3 is 0 Å². The lowest BCUT2D eigenvalue weighted by Crippen LogP contribution is -2.46. The number of piperazine rings is 1. The molecule has 2 N–H and O–H groups in total. The quantitative estimate of drug-likeness (QED) is 0.219. The lowest BCUT2D eigenvalue weighted by atomic mass is 9.74. The molecular weight excluding hydrogens is 1250 g/mol. The summed E-state index contributed by atoms with van der Waals surface area (Å²) in [4.78, 5) is 17.2. The van der Waals surface area contributed by atoms with E-state index in [1.165, 1.54) is 69.4 Å². The van der Waals surface area contributed by atoms with Crippen LogP contribution in [-0.4, -0.2) is 220 Å². The Balaban J connectivity index is 0.000000365. The molecular formula is C81H141N3O13S. The molecule has 3 fully saturated rings. The molecule has 13 aliphatic rings. The number of morpholine rings is 1. The second-order valence-electron chi connectivity index (χ2n) is 30.3. The van der Waals surface area contributed by atoms with Gasteiger partial charge in [-0.1, -0.05) is 111 Å². The first-order valence-electron chi connectivity index (χ1n) is 36.7. The number of ether oxygens (including phenoxy) is 8. The van der Waals surface area contributed by atoms with Gasteiger partial charge in [-0.25, -0.2) is 8.42 Å². The van der Waals surface area contributed by atoms with E-state index in [0.717, 1.165) is 209 Å². The number of hydrogen-bond acceptors (Lipinski definition) is 15. The standard InChI is InChI=1S/C9H14O.3C8H14O.C7H14N2O.C7H12O.C6H10O2S.3C6H10O.C5H11NO.C5H8O/c1-8-2-4-9(5-3-8)6-10-7-9;2*1-7-4-5-9-8(2,3)6-7;1-7-3-5-8(2,9)6-4-7;1-7(10)9-5-3-8(2)4-6-9;1-6-2-4-7(8)5-3-6;1-6-2-4-9(7,8)5-3-6;2*1-6-2-4-7-5-3-6;1-6-3-2-4-7-5-6;1-6-2-4-7-5-3-6;1-5-2-3-6-4-5/h2H,3-7H2,1H3;6H,4-5H2,1-3H3;4H,5-6H2,1-3H3;3,9H,4-6H2,1-2H3;3-6H2,1-2H3;2,7-8H,3-5H2,1H3;2H,3-5H2,1H3;2*2H,3-5H2,1H3;3H,2,4-5H2,1H3;2-5H2,1H3;2H,3-4H2,1H3. The summed E-state index contributed by atoms with van der Waals surface area (Å²) in [6.07, 6.45) is 37.2. The number of rotatable bonds is 0. The summed E-state index contributed by atoms with van der Waals surface area (Å²) in [6.45, 7) is 51.6. The van der Waals surface area contributed by atoms with Crippen LogP contribution in [-0.2, 0) is 52.5 Å². The highest BCUT2D eigenvalue weighted by Crippen LogP contribution is 2.41. The molecule has 17 heteroatoms. The van der Waals surface area contributed by atoms with Gasteiger partial charge in [0.05, 0.1) is 127 Å². The molecule has 2 atom stereocenters. The summed E-state index contributed by atoms with van der Waals surface area (Å²) >= 11 is 0. The van der Waals surface area contributed by atoms with Crippen molar-refractivity contribution in [2.75, 3.05) is 157 Å². The predicted octanol–water partition coefficient (Wildman–Crippen LogP) is 15.2. The Morgan fingerprint density at radius 2 is 1.01 bits per heavy atom. The Labute approximate surface area is 598 Å². The van der Waals surface area contributed by atoms with Gasteiger partial charge in [0.2, 0.25) is 5.91 Å². The highest BCUT2D eigenvalue weighted by molar-refractivity contribution is 7.91. The van der Waals surface area contributed by atoms with Crippen molar-refractivity contribution in [2.24, 2.45) is 5.41 Å². The zero-order chi connectivity index (χ0) is 73.1. The van der Waals surface area contributed by atoms with Gasteiger partial charge in [-0.05, 0) is 220 Å². The summed E-state index contributed by atoms with van der Waals surface area (Å²) in [5.41, 5.74) is 14.4. The van der Waals surface area contributed by atoms with Gasteiger partial charge < -0.3 is 62.8 Å². The first-order valence-corrected chi connectivity index (χ1v) is 38.6. The Bertz CT molecular complexity index is 2640. The number of carbonyl (C=O) groups excluding carboxylic acids is 1. The fourth-order valence-electron chi connectivity index (χ4n) is 11.1. The number of hydrogen-bond donors (Lipinski definition) is 2. The third-order valence-electron chi connectivity index (χ3n) is 18.5. The van der Waals surface area contributed by atoms with Gasteiger partial charge in [-0.3, -0.25) is 4.79 Å². The Morgan fingerprint density at radius 1 is 0.490 bits per heavy atom. The van der Waals surface area contributed by atoms with Crippen LogP contribution in [0.3, 0.4) is 0 Å². The first-order chi connectivity index (χ1) is 46.2. The highest BCUT2D eigenvalue weighted by atomic mass is 32.2. The molecule has 564 valence electrons. The third kappa shape index (κ3) is 47.5. The monoisotopic (exact) mass is 1400 g/mol. The number of amides is 1. The molecule has 1 amide bonds. The van der Waals surface area contributed by atoms with Crippen LogP contribution in [0.15, 0.2) is 116 Å². The molecule has 10 heterocycles. The molecule has 0 aromatic heterocycles. The molecule has 98 heavy (non-hydrogen) atoms. The van der Waals surface area contributed by atoms with Crippen LogP contribution in [0.1, 0.15) is 207 Å². The number of nitrogens with zero attached hydrogens (tertiary/aromatic N) is 3. The van der Waals surface area contributed by atoms with Gasteiger partial charge in [-0.15, -0.1) is 0 Å². The number of carbonyl (C=O) groups is 1. The summed E-state index contributed by atoms with van der Waals surface area (Å²) < 4.78 is 62.9. The predicted molar refractivity (Wildman–Crippen MR) is 407 cm³/mol. The van der Waals surface area contributed by atoms with Crippen LogP contribution in [0.4, 0.5) is 0 Å². The van der Waals surface area contributed by atoms with Gasteiger partial charge in [0.25, 0.3) is 0 Å². The second kappa shape index (κ2) is 49.9. The maximum absolute atomic E-state index is 10.8. The van der Waals surface area contributed by atoms with Crippen molar-refractivity contribution in [3.8, 4) is 0 Å². The molecule has 0 bridgehead atoms. The molecule has 0 aromatic carbocycles. The first kappa shape index (κ1) is 90.4. The smallest absolute Gasteiger partial charge is 0.219 e. The molecule has 16 nitrogen and oxygen atoms in total. The van der Waals surface area contributed by atoms with Crippen molar-refractivity contribution in [3.05, 3.63) is 116 Å². The van der Waals surface area contributed by atoms with Crippen molar-refractivity contribution < 1.29 is 61.3 Å². The van der Waals surface area contributed by atoms with Gasteiger partial charge in [0, 0.05) is 51.6 Å². The molecule has 0 aromatic rings. The summed E-state index contributed by atoms with van der Waals surface area (Å²) in [7, 11) is 1.50. The SMILES string of the molecule is CC(=O)N1CCN(C)CC1.CC1=CC(C)(C)OCC1.CC1=CCC(C)(O)CC1.CC1=CCC(O)CC1.CC1=CCC2(CC1)COC2.CC1=CCCOC1.CC1=CCOC(C)(C)C1.CC1=CCOC1.CC1=CCOCC1.CC1=CCOCC1.CC1=CCS(=O)(=O)CC1.CN1CCOCC1. The van der Waals surface area contributed by atoms with E-state index in [0.29, 0.717) is 11.2 Å². The van der Waals surface area contributed by atoms with Crippen molar-refractivity contribution in [1.82, 2.24) is 14.7 Å². The molecule has 3 aliphatic carbocycles. The van der Waals surface area contributed by atoms with Gasteiger partial charge in [0.1, 0.15) is 0 Å². The molecule has 1 spiro atoms. The van der Waals surface area contributed by atoms with Crippen LogP contribution in [0.5, 0.6) is 0 Å². The largest absolute Gasteiger partial charge is 0.393 e. The average molecular weight is 1400 g/mol. The summed E-state index contributed by atoms with van der Waals surface area (Å²) in [5.74, 6) is 0.793. The maximum atomic E-state index is 10.8. The van der Waals surface area contributed by atoms with E-state index >= 15 is 0 Å². The number of aliphatic hydroxyl groups is 2. The second-order valence-corrected chi connectivity index (χ2v) is 32.5. The fraction of sp³-hybridized carbons (Fsp3) is 0.741. The number of likely N-dealkylation sites (N-methyl/N-ethyl adjacent to an activating group) is 2. The number of aliphatic hydroxyl groups excluding tert-OH is 1. The molecule has 3 saturated heterocycles. The van der Waals surface area contributed by atoms with Gasteiger partial charge in [-0.2, -0.15) is 0 Å². The van der Waals surface area contributed by atoms with Crippen molar-refractivity contribution >= 4 is 15.7 Å². The zero-order valence-corrected chi connectivity index (χ0v) is 66.0. The summed E-state index contributed by atoms with van der Waals surface area (Å²) in [6, 6.07) is 0. The molecule has 2 unspecified atom stereocenters. The van der Waals surface area contributed by atoms with Crippen LogP contribution in [0, 0.1) is 5.41 Å². The minimum Gasteiger partial charge on any atom is -0.393 e. The van der Waals surface area contributed by atoms with E-state index < -0.39 is 15.4 Å². The molecule has 10 aliphatic heterocycles. The number of allylic oxidation sites excluding steroid dienone is 5. The topological polar surface area (TPSA) is 175 Å². The molecule has 0 saturated carbocycles. The van der Waals surface area contributed by atoms with E-state index in [-0.39, 0.29) is 29.0 Å². The molecule has 0 radical (unpaired) electrons. The highest BCUT2D eigenvalue weighted by Gasteiger charge is 2.38. The lowest BCUT2D eigenvalue weighted by Gasteiger charge is -2.43. The van der Waals surface area contributed by atoms with Crippen molar-refractivity contribution in [1.29, 1.82) is 0 Å². The van der Waals surface area contributed by atoms with Crippen molar-refractivity contribution in [2.45, 2.75) is 230 Å². The van der Waals surface area contributed by atoms with E-state index in [4.69, 9.17) is 43.0 Å². The normalized spacial score (nSPS) is 25.6. The molecule has 13 rings (SSSR count). The third-order valence-corrected chi connectivity index (χ3v) is 20.0. The summed E-state index contributed by atoms with van der Waals surface area (Å²) in [5, 5.41) is 18.4. The van der Waals surface area contributed by atoms with E-state index in [1.54, 1.807) is 18.6 Å². The zero-order valence-electron chi connectivity index (χ0n) is 65.1. The van der Waals surface area contributed by atoms with Crippen LogP contribution < -0.4 is 0 Å². The Morgan fingerprint density at radius 3 is 1.31 bits per heavy atom.